The van der Waals surface area contributed by atoms with E-state index in [1.54, 1.807) is 25.1 Å². The molecule has 1 fully saturated rings. The Balaban J connectivity index is 1.30. The molecule has 1 aliphatic rings. The second-order valence-electron chi connectivity index (χ2n) is 11.0. The van der Waals surface area contributed by atoms with Crippen LogP contribution in [0.4, 0.5) is 22.0 Å². The lowest BCUT2D eigenvalue weighted by Gasteiger charge is -2.18. The number of halogens is 5. The SMILES string of the molecule is Cc1ccc(COc2cccc(-c3cc(F)c(Cc4nc5ccc(C(=O)O)cc5n4[C@@H]4CCC(F)(F)C4)cc3F)n2)c(F)c1. The molecule has 226 valence electrons. The van der Waals surface area contributed by atoms with Crippen LogP contribution in [0.3, 0.4) is 0 Å². The van der Waals surface area contributed by atoms with E-state index in [1.807, 2.05) is 0 Å². The van der Waals surface area contributed by atoms with Gasteiger partial charge in [-0.15, -0.1) is 0 Å². The Morgan fingerprint density at radius 2 is 1.77 bits per heavy atom. The van der Waals surface area contributed by atoms with Crippen molar-refractivity contribution in [2.24, 2.45) is 0 Å². The fourth-order valence-corrected chi connectivity index (χ4v) is 5.61. The van der Waals surface area contributed by atoms with Gasteiger partial charge in [-0.25, -0.2) is 36.7 Å². The Labute approximate surface area is 248 Å². The summed E-state index contributed by atoms with van der Waals surface area (Å²) in [4.78, 5) is 20.4. The van der Waals surface area contributed by atoms with Gasteiger partial charge in [0.1, 0.15) is 29.9 Å². The van der Waals surface area contributed by atoms with Crippen molar-refractivity contribution in [3.8, 4) is 17.1 Å². The highest BCUT2D eigenvalue weighted by Gasteiger charge is 2.41. The molecular weight excluding hydrogens is 581 g/mol. The molecule has 1 N–H and O–H groups in total. The molecule has 0 unspecified atom stereocenters. The third-order valence-corrected chi connectivity index (χ3v) is 7.82. The number of carboxylic acids is 1. The number of hydrogen-bond donors (Lipinski definition) is 1. The number of imidazole rings is 1. The number of ether oxygens (including phenoxy) is 1. The van der Waals surface area contributed by atoms with Crippen LogP contribution in [0.25, 0.3) is 22.3 Å². The third kappa shape index (κ3) is 5.86. The van der Waals surface area contributed by atoms with Gasteiger partial charge in [0, 0.05) is 42.5 Å². The molecule has 3 aromatic carbocycles. The molecule has 2 heterocycles. The number of pyridine rings is 1. The van der Waals surface area contributed by atoms with Crippen molar-refractivity contribution in [3.63, 3.8) is 0 Å². The standard InChI is InChI=1S/C33H26F5N3O3/c1-18-5-6-20(24(34)11-18)17-44-31-4-2-3-27(40-31)23-15-25(35)21(12-26(23)36)14-30-39-28-8-7-19(32(42)43)13-29(28)41(30)22-9-10-33(37,38)16-22/h2-8,11-13,15,22H,9-10,14,16-17H2,1H3,(H,42,43)/t22-/m1/s1. The van der Waals surface area contributed by atoms with E-state index in [9.17, 15) is 23.1 Å². The summed E-state index contributed by atoms with van der Waals surface area (Å²) < 4.78 is 80.7. The first kappa shape index (κ1) is 29.3. The summed E-state index contributed by atoms with van der Waals surface area (Å²) in [5, 5.41) is 9.46. The smallest absolute Gasteiger partial charge is 0.335 e. The van der Waals surface area contributed by atoms with E-state index >= 15 is 8.78 Å². The van der Waals surface area contributed by atoms with E-state index in [1.165, 1.54) is 41.0 Å². The van der Waals surface area contributed by atoms with Gasteiger partial charge in [0.05, 0.1) is 22.3 Å². The first-order valence-electron chi connectivity index (χ1n) is 13.9. The van der Waals surface area contributed by atoms with Crippen molar-refractivity contribution in [1.29, 1.82) is 0 Å². The molecule has 6 nitrogen and oxygen atoms in total. The second kappa shape index (κ2) is 11.4. The minimum atomic E-state index is -2.90. The van der Waals surface area contributed by atoms with Gasteiger partial charge in [0.2, 0.25) is 11.8 Å². The van der Waals surface area contributed by atoms with Crippen LogP contribution < -0.4 is 4.74 Å². The molecule has 0 bridgehead atoms. The molecule has 6 rings (SSSR count). The van der Waals surface area contributed by atoms with E-state index < -0.39 is 41.8 Å². The summed E-state index contributed by atoms with van der Waals surface area (Å²) in [5.74, 6) is -5.75. The normalized spacial score (nSPS) is 16.0. The van der Waals surface area contributed by atoms with Gasteiger partial charge in [0.15, 0.2) is 0 Å². The summed E-state index contributed by atoms with van der Waals surface area (Å²) in [6.07, 6.45) is -0.915. The van der Waals surface area contributed by atoms with Gasteiger partial charge >= 0.3 is 5.97 Å². The van der Waals surface area contributed by atoms with Crippen molar-refractivity contribution in [3.05, 3.63) is 112 Å². The Hall–Kier alpha value is -4.80. The molecule has 0 spiro atoms. The number of alkyl halides is 2. The van der Waals surface area contributed by atoms with Gasteiger partial charge in [0.25, 0.3) is 0 Å². The highest BCUT2D eigenvalue weighted by molar-refractivity contribution is 5.92. The van der Waals surface area contributed by atoms with Crippen LogP contribution in [0.5, 0.6) is 5.88 Å². The zero-order valence-corrected chi connectivity index (χ0v) is 23.5. The van der Waals surface area contributed by atoms with E-state index in [0.29, 0.717) is 16.6 Å². The van der Waals surface area contributed by atoms with E-state index in [2.05, 4.69) is 9.97 Å². The second-order valence-corrected chi connectivity index (χ2v) is 11.0. The molecule has 0 saturated heterocycles. The molecule has 0 amide bonds. The lowest BCUT2D eigenvalue weighted by atomic mass is 10.0. The van der Waals surface area contributed by atoms with Crippen molar-refractivity contribution < 1.29 is 36.6 Å². The number of fused-ring (bicyclic) bond motifs is 1. The topological polar surface area (TPSA) is 77.2 Å². The van der Waals surface area contributed by atoms with E-state index in [0.717, 1.165) is 17.7 Å². The maximum Gasteiger partial charge on any atom is 0.335 e. The molecule has 1 aliphatic carbocycles. The van der Waals surface area contributed by atoms with Gasteiger partial charge in [-0.3, -0.25) is 0 Å². The minimum Gasteiger partial charge on any atom is -0.478 e. The highest BCUT2D eigenvalue weighted by Crippen LogP contribution is 2.43. The van der Waals surface area contributed by atoms with Crippen molar-refractivity contribution in [1.82, 2.24) is 14.5 Å². The van der Waals surface area contributed by atoms with Gasteiger partial charge in [-0.1, -0.05) is 18.2 Å². The van der Waals surface area contributed by atoms with Gasteiger partial charge < -0.3 is 14.4 Å². The minimum absolute atomic E-state index is 0.0424. The summed E-state index contributed by atoms with van der Waals surface area (Å²) in [6, 6.07) is 14.8. The molecule has 0 radical (unpaired) electrons. The Kier molecular flexibility index (Phi) is 7.56. The quantitative estimate of drug-likeness (QED) is 0.181. The number of carboxylic acid groups (broad SMARTS) is 1. The first-order valence-corrected chi connectivity index (χ1v) is 13.9. The van der Waals surface area contributed by atoms with Crippen molar-refractivity contribution in [2.75, 3.05) is 0 Å². The molecule has 5 aromatic rings. The molecule has 0 aliphatic heterocycles. The van der Waals surface area contributed by atoms with Crippen molar-refractivity contribution in [2.45, 2.75) is 51.2 Å². The summed E-state index contributed by atoms with van der Waals surface area (Å²) in [5.41, 5.74) is 1.64. The van der Waals surface area contributed by atoms with E-state index in [-0.39, 0.29) is 60.0 Å². The molecule has 1 saturated carbocycles. The summed E-state index contributed by atoms with van der Waals surface area (Å²) in [6.45, 7) is 1.65. The monoisotopic (exact) mass is 607 g/mol. The van der Waals surface area contributed by atoms with Crippen LogP contribution in [0, 0.1) is 24.4 Å². The predicted molar refractivity (Wildman–Crippen MR) is 152 cm³/mol. The number of carbonyl (C=O) groups is 1. The first-order chi connectivity index (χ1) is 21.0. The van der Waals surface area contributed by atoms with Crippen LogP contribution in [-0.2, 0) is 13.0 Å². The number of rotatable bonds is 8. The molecular formula is C33H26F5N3O3. The highest BCUT2D eigenvalue weighted by atomic mass is 19.3. The lowest BCUT2D eigenvalue weighted by molar-refractivity contribution is 0.00568. The average Bonchev–Trinajstić information content (AvgIpc) is 3.52. The number of nitrogens with zero attached hydrogens (tertiary/aromatic N) is 3. The van der Waals surface area contributed by atoms with Gasteiger partial charge in [-0.05, 0) is 66.9 Å². The lowest BCUT2D eigenvalue weighted by Crippen LogP contribution is -2.15. The van der Waals surface area contributed by atoms with Crippen LogP contribution in [0.15, 0.2) is 66.7 Å². The maximum absolute atomic E-state index is 15.5. The fraction of sp³-hybridized carbons (Fsp3) is 0.242. The Bertz CT molecular complexity index is 1910. The molecule has 2 aromatic heterocycles. The van der Waals surface area contributed by atoms with Crippen LogP contribution in [0.1, 0.15) is 58.2 Å². The van der Waals surface area contributed by atoms with Crippen molar-refractivity contribution >= 4 is 17.0 Å². The van der Waals surface area contributed by atoms with Crippen LogP contribution >= 0.6 is 0 Å². The molecule has 44 heavy (non-hydrogen) atoms. The largest absolute Gasteiger partial charge is 0.478 e. The zero-order chi connectivity index (χ0) is 31.2. The maximum atomic E-state index is 15.5. The van der Waals surface area contributed by atoms with E-state index in [4.69, 9.17) is 4.74 Å². The predicted octanol–water partition coefficient (Wildman–Crippen LogP) is 8.05. The summed E-state index contributed by atoms with van der Waals surface area (Å²) >= 11 is 0. The number of aromatic nitrogens is 3. The number of hydrogen-bond acceptors (Lipinski definition) is 4. The van der Waals surface area contributed by atoms with Gasteiger partial charge in [-0.2, -0.15) is 0 Å². The zero-order valence-electron chi connectivity index (χ0n) is 23.5. The number of aromatic carboxylic acids is 1. The summed E-state index contributed by atoms with van der Waals surface area (Å²) in [7, 11) is 0. The molecule has 11 heteroatoms. The Morgan fingerprint density at radius 1 is 0.977 bits per heavy atom. The Morgan fingerprint density at radius 3 is 2.50 bits per heavy atom. The molecule has 1 atom stereocenters. The average molecular weight is 608 g/mol. The third-order valence-electron chi connectivity index (χ3n) is 7.82. The van der Waals surface area contributed by atoms with Crippen LogP contribution in [-0.4, -0.2) is 31.5 Å². The fourth-order valence-electron chi connectivity index (χ4n) is 5.61. The number of aryl methyl sites for hydroxylation is 1. The van der Waals surface area contributed by atoms with Crippen LogP contribution in [0.2, 0.25) is 0 Å². The number of benzene rings is 3.